The summed E-state index contributed by atoms with van der Waals surface area (Å²) in [5.41, 5.74) is 2.59. The van der Waals surface area contributed by atoms with Crippen molar-refractivity contribution in [2.75, 3.05) is 13.6 Å². The van der Waals surface area contributed by atoms with Crippen molar-refractivity contribution in [1.29, 1.82) is 0 Å². The Labute approximate surface area is 156 Å². The molecule has 0 N–H and O–H groups in total. The van der Waals surface area contributed by atoms with Crippen LogP contribution in [0.25, 0.3) is 0 Å². The number of benzene rings is 1. The number of carbonyl (C=O) groups excluding carboxylic acids is 1. The van der Waals surface area contributed by atoms with Gasteiger partial charge < -0.3 is 4.90 Å². The molecule has 3 rings (SSSR count). The quantitative estimate of drug-likeness (QED) is 0.785. The van der Waals surface area contributed by atoms with Crippen LogP contribution in [0.5, 0.6) is 0 Å². The lowest BCUT2D eigenvalue weighted by molar-refractivity contribution is 0.0753. The second kappa shape index (κ2) is 8.47. The molecule has 0 unspecified atom stereocenters. The number of aromatic nitrogens is 3. The second-order valence-electron chi connectivity index (χ2n) is 7.81. The monoisotopic (exact) mass is 354 g/mol. The van der Waals surface area contributed by atoms with E-state index in [9.17, 15) is 4.79 Å². The zero-order chi connectivity index (χ0) is 18.5. The molecule has 5 nitrogen and oxygen atoms in total. The van der Waals surface area contributed by atoms with Gasteiger partial charge >= 0.3 is 0 Å². The van der Waals surface area contributed by atoms with Crippen LogP contribution in [0.2, 0.25) is 0 Å². The summed E-state index contributed by atoms with van der Waals surface area (Å²) >= 11 is 0. The van der Waals surface area contributed by atoms with Gasteiger partial charge in [-0.1, -0.05) is 68.7 Å². The summed E-state index contributed by atoms with van der Waals surface area (Å²) in [5, 5.41) is 8.57. The fourth-order valence-electron chi connectivity index (χ4n) is 3.94. The van der Waals surface area contributed by atoms with Crippen molar-refractivity contribution in [2.45, 2.75) is 58.4 Å². The van der Waals surface area contributed by atoms with E-state index in [-0.39, 0.29) is 11.8 Å². The Kier molecular flexibility index (Phi) is 6.07. The van der Waals surface area contributed by atoms with Crippen LogP contribution in [0.1, 0.15) is 73.6 Å². The smallest absolute Gasteiger partial charge is 0.276 e. The lowest BCUT2D eigenvalue weighted by Crippen LogP contribution is -2.33. The van der Waals surface area contributed by atoms with E-state index in [1.165, 1.54) is 32.1 Å². The highest BCUT2D eigenvalue weighted by Crippen LogP contribution is 2.25. The molecule has 1 amide bonds. The maximum Gasteiger partial charge on any atom is 0.276 e. The van der Waals surface area contributed by atoms with Crippen molar-refractivity contribution in [1.82, 2.24) is 19.9 Å². The van der Waals surface area contributed by atoms with Crippen LogP contribution in [0, 0.1) is 5.92 Å². The van der Waals surface area contributed by atoms with Crippen LogP contribution in [0.4, 0.5) is 0 Å². The highest BCUT2D eigenvalue weighted by Gasteiger charge is 2.26. The molecule has 26 heavy (non-hydrogen) atoms. The van der Waals surface area contributed by atoms with E-state index >= 15 is 0 Å². The molecule has 0 atom stereocenters. The number of amides is 1. The van der Waals surface area contributed by atoms with E-state index in [1.54, 1.807) is 0 Å². The topological polar surface area (TPSA) is 51.0 Å². The van der Waals surface area contributed by atoms with Gasteiger partial charge in [-0.05, 0) is 30.2 Å². The summed E-state index contributed by atoms with van der Waals surface area (Å²) in [6.45, 7) is 5.65. The standard InChI is InChI=1S/C21H30N4O/c1-16(2)20-19(21(26)24(3)14-17-10-6-4-7-11-17)22-23-25(20)15-18-12-8-5-9-13-18/h5,8-9,12-13,16-17H,4,6-7,10-11,14-15H2,1-3H3. The van der Waals surface area contributed by atoms with Crippen molar-refractivity contribution < 1.29 is 4.79 Å². The third kappa shape index (κ3) is 4.32. The van der Waals surface area contributed by atoms with Crippen LogP contribution in [0.15, 0.2) is 30.3 Å². The molecule has 0 spiro atoms. The first-order chi connectivity index (χ1) is 12.6. The molecule has 1 aromatic carbocycles. The van der Waals surface area contributed by atoms with Crippen LogP contribution < -0.4 is 0 Å². The highest BCUT2D eigenvalue weighted by molar-refractivity contribution is 5.93. The highest BCUT2D eigenvalue weighted by atomic mass is 16.2. The maximum atomic E-state index is 13.0. The number of carbonyl (C=O) groups is 1. The van der Waals surface area contributed by atoms with Gasteiger partial charge in [-0.2, -0.15) is 0 Å². The molecule has 5 heteroatoms. The predicted octanol–water partition coefficient (Wildman–Crippen LogP) is 4.10. The average molecular weight is 354 g/mol. The fourth-order valence-corrected chi connectivity index (χ4v) is 3.94. The van der Waals surface area contributed by atoms with Gasteiger partial charge in [-0.15, -0.1) is 5.10 Å². The molecular weight excluding hydrogens is 324 g/mol. The van der Waals surface area contributed by atoms with E-state index in [2.05, 4.69) is 36.3 Å². The summed E-state index contributed by atoms with van der Waals surface area (Å²) < 4.78 is 1.88. The Morgan fingerprint density at radius 3 is 2.54 bits per heavy atom. The Bertz CT molecular complexity index is 717. The normalized spacial score (nSPS) is 15.4. The zero-order valence-corrected chi connectivity index (χ0v) is 16.2. The van der Waals surface area contributed by atoms with Crippen molar-refractivity contribution in [3.63, 3.8) is 0 Å². The largest absolute Gasteiger partial charge is 0.340 e. The molecule has 1 aliphatic rings. The summed E-state index contributed by atoms with van der Waals surface area (Å²) in [7, 11) is 1.90. The third-order valence-corrected chi connectivity index (χ3v) is 5.30. The predicted molar refractivity (Wildman–Crippen MR) is 103 cm³/mol. The van der Waals surface area contributed by atoms with Crippen LogP contribution in [0.3, 0.4) is 0 Å². The summed E-state index contributed by atoms with van der Waals surface area (Å²) in [6, 6.07) is 10.2. The van der Waals surface area contributed by atoms with Gasteiger partial charge in [-0.25, -0.2) is 4.68 Å². The van der Waals surface area contributed by atoms with Crippen molar-refractivity contribution >= 4 is 5.91 Å². The molecular formula is C21H30N4O. The van der Waals surface area contributed by atoms with Gasteiger partial charge in [0.1, 0.15) is 0 Å². The first-order valence-corrected chi connectivity index (χ1v) is 9.79. The zero-order valence-electron chi connectivity index (χ0n) is 16.2. The van der Waals surface area contributed by atoms with Gasteiger partial charge in [0.2, 0.25) is 0 Å². The molecule has 140 valence electrons. The lowest BCUT2D eigenvalue weighted by Gasteiger charge is -2.27. The van der Waals surface area contributed by atoms with Gasteiger partial charge in [0.05, 0.1) is 12.2 Å². The van der Waals surface area contributed by atoms with Gasteiger partial charge in [-0.3, -0.25) is 4.79 Å². The first-order valence-electron chi connectivity index (χ1n) is 9.79. The molecule has 1 heterocycles. The van der Waals surface area contributed by atoms with Gasteiger partial charge in [0.25, 0.3) is 5.91 Å². The minimum absolute atomic E-state index is 0.00131. The minimum Gasteiger partial charge on any atom is -0.340 e. The summed E-state index contributed by atoms with van der Waals surface area (Å²) in [5.74, 6) is 0.814. The molecule has 0 bridgehead atoms. The SMILES string of the molecule is CC(C)c1c(C(=O)N(C)CC2CCCCC2)nnn1Cc1ccccc1. The van der Waals surface area contributed by atoms with Crippen molar-refractivity contribution in [3.05, 3.63) is 47.3 Å². The molecule has 1 fully saturated rings. The molecule has 0 aliphatic heterocycles. The molecule has 0 saturated heterocycles. The number of rotatable bonds is 6. The average Bonchev–Trinajstić information content (AvgIpc) is 3.06. The van der Waals surface area contributed by atoms with E-state index in [0.29, 0.717) is 18.2 Å². The minimum atomic E-state index is -0.00131. The van der Waals surface area contributed by atoms with Gasteiger partial charge in [0, 0.05) is 13.6 Å². The molecule has 2 aromatic rings. The van der Waals surface area contributed by atoms with E-state index in [4.69, 9.17) is 0 Å². The molecule has 1 aromatic heterocycles. The Morgan fingerprint density at radius 1 is 1.19 bits per heavy atom. The maximum absolute atomic E-state index is 13.0. The number of hydrogen-bond donors (Lipinski definition) is 0. The van der Waals surface area contributed by atoms with Crippen molar-refractivity contribution in [3.8, 4) is 0 Å². The van der Waals surface area contributed by atoms with Crippen LogP contribution in [-0.2, 0) is 6.54 Å². The number of hydrogen-bond acceptors (Lipinski definition) is 3. The van der Waals surface area contributed by atoms with E-state index < -0.39 is 0 Å². The fraction of sp³-hybridized carbons (Fsp3) is 0.571. The van der Waals surface area contributed by atoms with Crippen LogP contribution in [-0.4, -0.2) is 39.4 Å². The Morgan fingerprint density at radius 2 is 1.88 bits per heavy atom. The second-order valence-corrected chi connectivity index (χ2v) is 7.81. The van der Waals surface area contributed by atoms with E-state index in [1.807, 2.05) is 34.8 Å². The Balaban J connectivity index is 1.76. The molecule has 1 aliphatic carbocycles. The lowest BCUT2D eigenvalue weighted by atomic mass is 9.89. The van der Waals surface area contributed by atoms with Crippen molar-refractivity contribution in [2.24, 2.45) is 5.92 Å². The molecule has 0 radical (unpaired) electrons. The van der Waals surface area contributed by atoms with E-state index in [0.717, 1.165) is 17.8 Å². The van der Waals surface area contributed by atoms with Gasteiger partial charge in [0.15, 0.2) is 5.69 Å². The Hall–Kier alpha value is -2.17. The third-order valence-electron chi connectivity index (χ3n) is 5.30. The van der Waals surface area contributed by atoms with Crippen LogP contribution >= 0.6 is 0 Å². The molecule has 1 saturated carbocycles. The first kappa shape index (κ1) is 18.6. The summed E-state index contributed by atoms with van der Waals surface area (Å²) in [6.07, 6.45) is 6.37. The summed E-state index contributed by atoms with van der Waals surface area (Å²) in [4.78, 5) is 14.9. The number of nitrogens with zero attached hydrogens (tertiary/aromatic N) is 4.